The summed E-state index contributed by atoms with van der Waals surface area (Å²) in [5.41, 5.74) is 6.85. The Hall–Kier alpha value is -2.21. The van der Waals surface area contributed by atoms with Gasteiger partial charge in [-0.15, -0.1) is 0 Å². The van der Waals surface area contributed by atoms with Crippen molar-refractivity contribution in [3.8, 4) is 11.5 Å². The molecular weight excluding hydrogens is 269 g/mol. The molecule has 0 atom stereocenters. The van der Waals surface area contributed by atoms with Crippen molar-refractivity contribution < 1.29 is 17.9 Å². The lowest BCUT2D eigenvalue weighted by Gasteiger charge is -2.23. The van der Waals surface area contributed by atoms with Gasteiger partial charge in [-0.2, -0.15) is 13.2 Å². The highest BCUT2D eigenvalue weighted by atomic mass is 19.4. The zero-order chi connectivity index (χ0) is 14.3. The minimum atomic E-state index is -4.39. The third kappa shape index (κ3) is 2.18. The Bertz CT molecular complexity index is 668. The van der Waals surface area contributed by atoms with Gasteiger partial charge in [0.15, 0.2) is 11.5 Å². The average Bonchev–Trinajstić information content (AvgIpc) is 2.42. The number of anilines is 2. The normalized spacial score (nSPS) is 13.0. The van der Waals surface area contributed by atoms with Crippen molar-refractivity contribution in [3.05, 3.63) is 47.5 Å². The maximum Gasteiger partial charge on any atom is 0.416 e. The quantitative estimate of drug-likeness (QED) is 0.708. The second-order valence-corrected chi connectivity index (χ2v) is 4.47. The first-order valence-corrected chi connectivity index (χ1v) is 5.96. The molecule has 3 N–H and O–H groups in total. The number of ether oxygens (including phenoxy) is 1. The second-order valence-electron chi connectivity index (χ2n) is 4.47. The summed E-state index contributed by atoms with van der Waals surface area (Å²) in [4.78, 5) is 0. The molecule has 0 aromatic heterocycles. The molecule has 0 aliphatic carbocycles. The standard InChI is InChI=1S/C14H11F3N2O/c15-14(16,17)9-2-4-11-13(6-9)20-12-5-8(7-18)1-3-10(12)19-11/h1-6,19H,7,18H2. The Labute approximate surface area is 113 Å². The van der Waals surface area contributed by atoms with Crippen LogP contribution in [0.3, 0.4) is 0 Å². The molecule has 0 spiro atoms. The molecule has 6 heteroatoms. The lowest BCUT2D eigenvalue weighted by molar-refractivity contribution is -0.137. The Morgan fingerprint density at radius 3 is 2.30 bits per heavy atom. The maximum absolute atomic E-state index is 12.7. The molecule has 1 aliphatic rings. The molecule has 1 aliphatic heterocycles. The monoisotopic (exact) mass is 280 g/mol. The summed E-state index contributed by atoms with van der Waals surface area (Å²) in [5, 5.41) is 3.04. The number of hydrogen-bond donors (Lipinski definition) is 2. The number of fused-ring (bicyclic) bond motifs is 2. The summed E-state index contributed by atoms with van der Waals surface area (Å²) in [5.74, 6) is 0.626. The molecule has 0 amide bonds. The van der Waals surface area contributed by atoms with E-state index in [-0.39, 0.29) is 5.75 Å². The molecule has 0 saturated heterocycles. The van der Waals surface area contributed by atoms with Crippen molar-refractivity contribution in [2.45, 2.75) is 12.7 Å². The highest BCUT2D eigenvalue weighted by molar-refractivity contribution is 5.76. The average molecular weight is 280 g/mol. The van der Waals surface area contributed by atoms with Gasteiger partial charge in [0, 0.05) is 6.54 Å². The van der Waals surface area contributed by atoms with E-state index in [0.29, 0.717) is 23.7 Å². The molecule has 3 rings (SSSR count). The zero-order valence-corrected chi connectivity index (χ0v) is 10.3. The SMILES string of the molecule is NCc1ccc2c(c1)Oc1cc(C(F)(F)F)ccc1N2. The molecule has 0 bridgehead atoms. The topological polar surface area (TPSA) is 47.3 Å². The molecule has 0 saturated carbocycles. The van der Waals surface area contributed by atoms with Gasteiger partial charge in [0.05, 0.1) is 16.9 Å². The van der Waals surface area contributed by atoms with Gasteiger partial charge >= 0.3 is 6.18 Å². The van der Waals surface area contributed by atoms with E-state index in [9.17, 15) is 13.2 Å². The molecule has 2 aromatic carbocycles. The lowest BCUT2D eigenvalue weighted by Crippen LogP contribution is -2.08. The minimum absolute atomic E-state index is 0.154. The highest BCUT2D eigenvalue weighted by Gasteiger charge is 2.32. The first-order valence-electron chi connectivity index (χ1n) is 5.96. The van der Waals surface area contributed by atoms with Crippen molar-refractivity contribution in [2.24, 2.45) is 5.73 Å². The summed E-state index contributed by atoms with van der Waals surface area (Å²) in [6.45, 7) is 0.339. The van der Waals surface area contributed by atoms with Crippen molar-refractivity contribution >= 4 is 11.4 Å². The number of nitrogens with two attached hydrogens (primary N) is 1. The predicted molar refractivity (Wildman–Crippen MR) is 69.1 cm³/mol. The van der Waals surface area contributed by atoms with Crippen LogP contribution < -0.4 is 15.8 Å². The van der Waals surface area contributed by atoms with E-state index in [1.165, 1.54) is 6.07 Å². The van der Waals surface area contributed by atoms with Gasteiger partial charge in [-0.05, 0) is 35.9 Å². The number of hydrogen-bond acceptors (Lipinski definition) is 3. The van der Waals surface area contributed by atoms with E-state index in [1.807, 2.05) is 6.07 Å². The van der Waals surface area contributed by atoms with Crippen LogP contribution in [-0.2, 0) is 12.7 Å². The predicted octanol–water partition coefficient (Wildman–Crippen LogP) is 4.01. The Balaban J connectivity index is 2.00. The molecule has 0 unspecified atom stereocenters. The summed E-state index contributed by atoms with van der Waals surface area (Å²) in [6.07, 6.45) is -4.39. The van der Waals surface area contributed by atoms with Crippen molar-refractivity contribution in [2.75, 3.05) is 5.32 Å². The molecular formula is C14H11F3N2O. The summed E-state index contributed by atoms with van der Waals surface area (Å²) in [7, 11) is 0. The molecule has 0 radical (unpaired) electrons. The Morgan fingerprint density at radius 1 is 1.00 bits per heavy atom. The van der Waals surface area contributed by atoms with Crippen LogP contribution >= 0.6 is 0 Å². The number of nitrogens with one attached hydrogen (secondary N) is 1. The summed E-state index contributed by atoms with van der Waals surface area (Å²) >= 11 is 0. The van der Waals surface area contributed by atoms with E-state index >= 15 is 0 Å². The third-order valence-corrected chi connectivity index (χ3v) is 3.08. The maximum atomic E-state index is 12.7. The van der Waals surface area contributed by atoms with Crippen LogP contribution in [0.25, 0.3) is 0 Å². The van der Waals surface area contributed by atoms with Gasteiger partial charge in [-0.3, -0.25) is 0 Å². The summed E-state index contributed by atoms with van der Waals surface area (Å²) in [6, 6.07) is 8.71. The third-order valence-electron chi connectivity index (χ3n) is 3.08. The molecule has 20 heavy (non-hydrogen) atoms. The van der Waals surface area contributed by atoms with Crippen LogP contribution in [0.2, 0.25) is 0 Å². The fourth-order valence-electron chi connectivity index (χ4n) is 2.03. The molecule has 2 aromatic rings. The summed E-state index contributed by atoms with van der Waals surface area (Å²) < 4.78 is 43.6. The van der Waals surface area contributed by atoms with Crippen LogP contribution in [0.1, 0.15) is 11.1 Å². The smallest absolute Gasteiger partial charge is 0.416 e. The lowest BCUT2D eigenvalue weighted by atomic mass is 10.1. The van der Waals surface area contributed by atoms with Crippen LogP contribution in [-0.4, -0.2) is 0 Å². The molecule has 0 fully saturated rings. The fourth-order valence-corrected chi connectivity index (χ4v) is 2.03. The van der Waals surface area contributed by atoms with E-state index in [4.69, 9.17) is 10.5 Å². The van der Waals surface area contributed by atoms with Crippen LogP contribution in [0, 0.1) is 0 Å². The first-order chi connectivity index (χ1) is 9.47. The minimum Gasteiger partial charge on any atom is -0.453 e. The Kier molecular flexibility index (Phi) is 2.83. The van der Waals surface area contributed by atoms with Gasteiger partial charge < -0.3 is 15.8 Å². The molecule has 104 valence electrons. The van der Waals surface area contributed by atoms with Gasteiger partial charge in [-0.1, -0.05) is 6.07 Å². The number of rotatable bonds is 1. The number of alkyl halides is 3. The van der Waals surface area contributed by atoms with Crippen LogP contribution in [0.4, 0.5) is 24.5 Å². The van der Waals surface area contributed by atoms with Crippen LogP contribution in [0.15, 0.2) is 36.4 Å². The van der Waals surface area contributed by atoms with Gasteiger partial charge in [0.25, 0.3) is 0 Å². The Morgan fingerprint density at radius 2 is 1.65 bits per heavy atom. The highest BCUT2D eigenvalue weighted by Crippen LogP contribution is 2.44. The number of halogens is 3. The zero-order valence-electron chi connectivity index (χ0n) is 10.3. The van der Waals surface area contributed by atoms with Crippen LogP contribution in [0.5, 0.6) is 11.5 Å². The molecule has 1 heterocycles. The fraction of sp³-hybridized carbons (Fsp3) is 0.143. The van der Waals surface area contributed by atoms with E-state index in [0.717, 1.165) is 17.7 Å². The van der Waals surface area contributed by atoms with Crippen molar-refractivity contribution in [1.82, 2.24) is 0 Å². The molecule has 3 nitrogen and oxygen atoms in total. The number of benzene rings is 2. The largest absolute Gasteiger partial charge is 0.453 e. The van der Waals surface area contributed by atoms with Gasteiger partial charge in [-0.25, -0.2) is 0 Å². The van der Waals surface area contributed by atoms with E-state index in [1.54, 1.807) is 12.1 Å². The van der Waals surface area contributed by atoms with E-state index in [2.05, 4.69) is 5.32 Å². The van der Waals surface area contributed by atoms with Gasteiger partial charge in [0.1, 0.15) is 0 Å². The second kappa shape index (κ2) is 4.42. The van der Waals surface area contributed by atoms with Crippen molar-refractivity contribution in [3.63, 3.8) is 0 Å². The van der Waals surface area contributed by atoms with Gasteiger partial charge in [0.2, 0.25) is 0 Å². The first kappa shape index (κ1) is 12.8. The van der Waals surface area contributed by atoms with E-state index < -0.39 is 11.7 Å². The van der Waals surface area contributed by atoms with Crippen molar-refractivity contribution in [1.29, 1.82) is 0 Å².